The van der Waals surface area contributed by atoms with Crippen molar-refractivity contribution in [1.82, 2.24) is 5.32 Å². The molecule has 0 rings (SSSR count). The van der Waals surface area contributed by atoms with Gasteiger partial charge in [0.2, 0.25) is 11.8 Å². The zero-order valence-corrected chi connectivity index (χ0v) is 9.22. The van der Waals surface area contributed by atoms with E-state index in [1.54, 1.807) is 6.92 Å². The maximum Gasteiger partial charge on any atom is 0.235 e. The molecular weight excluding hydrogens is 214 g/mol. The van der Waals surface area contributed by atoms with Crippen LogP contribution in [0.3, 0.4) is 0 Å². The van der Waals surface area contributed by atoms with Crippen LogP contribution in [0.4, 0.5) is 0 Å². The predicted octanol–water partition coefficient (Wildman–Crippen LogP) is -2.56. The molecule has 0 aromatic rings. The molecule has 0 aromatic carbocycles. The molecule has 0 radical (unpaired) electrons. The quantitative estimate of drug-likeness (QED) is 0.314. The first-order valence-corrected chi connectivity index (χ1v) is 5.04. The Kier molecular flexibility index (Phi) is 6.63. The van der Waals surface area contributed by atoms with Crippen LogP contribution in [-0.2, 0) is 9.59 Å². The molecule has 3 unspecified atom stereocenters. The summed E-state index contributed by atoms with van der Waals surface area (Å²) in [5, 5.41) is 20.9. The Hall–Kier alpha value is -1.18. The van der Waals surface area contributed by atoms with Crippen LogP contribution in [0.15, 0.2) is 0 Å². The highest BCUT2D eigenvalue weighted by Gasteiger charge is 2.24. The van der Waals surface area contributed by atoms with Gasteiger partial charge in [-0.3, -0.25) is 14.9 Å². The molecule has 0 aromatic heterocycles. The number of primary amides is 2. The first kappa shape index (κ1) is 14.8. The fourth-order valence-corrected chi connectivity index (χ4v) is 1.33. The highest BCUT2D eigenvalue weighted by atomic mass is 16.3. The number of carbonyl (C=O) groups excluding carboxylic acids is 2. The minimum Gasteiger partial charge on any atom is -0.394 e. The normalized spacial score (nSPS) is 16.4. The Labute approximate surface area is 93.8 Å². The van der Waals surface area contributed by atoms with Crippen molar-refractivity contribution in [1.29, 1.82) is 0 Å². The fourth-order valence-electron chi connectivity index (χ4n) is 1.33. The number of nitrogens with one attached hydrogen (secondary N) is 1. The average Bonchev–Trinajstić information content (AvgIpc) is 2.22. The van der Waals surface area contributed by atoms with Crippen LogP contribution in [0.25, 0.3) is 0 Å². The molecule has 0 bridgehead atoms. The molecule has 7 N–H and O–H groups in total. The molecule has 94 valence electrons. The summed E-state index contributed by atoms with van der Waals surface area (Å²) in [4.78, 5) is 21.7. The van der Waals surface area contributed by atoms with Crippen LogP contribution in [0, 0.1) is 0 Å². The van der Waals surface area contributed by atoms with Gasteiger partial charge in [0, 0.05) is 6.04 Å². The molecule has 7 heteroatoms. The number of hydrogen-bond donors (Lipinski definition) is 5. The van der Waals surface area contributed by atoms with Gasteiger partial charge in [-0.05, 0) is 6.42 Å². The Morgan fingerprint density at radius 3 is 2.25 bits per heavy atom. The zero-order chi connectivity index (χ0) is 12.7. The van der Waals surface area contributed by atoms with Crippen LogP contribution in [0.5, 0.6) is 0 Å². The van der Waals surface area contributed by atoms with Crippen LogP contribution in [0.1, 0.15) is 19.8 Å². The summed E-state index contributed by atoms with van der Waals surface area (Å²) in [6.07, 6.45) is -0.770. The lowest BCUT2D eigenvalue weighted by Crippen LogP contribution is -2.52. The van der Waals surface area contributed by atoms with Gasteiger partial charge < -0.3 is 21.7 Å². The van der Waals surface area contributed by atoms with Gasteiger partial charge >= 0.3 is 0 Å². The smallest absolute Gasteiger partial charge is 0.235 e. The molecule has 0 aliphatic carbocycles. The van der Waals surface area contributed by atoms with Crippen LogP contribution in [-0.4, -0.2) is 46.8 Å². The van der Waals surface area contributed by atoms with Crippen molar-refractivity contribution in [2.45, 2.75) is 38.0 Å². The van der Waals surface area contributed by atoms with Crippen LogP contribution < -0.4 is 16.8 Å². The van der Waals surface area contributed by atoms with Crippen molar-refractivity contribution in [2.75, 3.05) is 6.61 Å². The first-order valence-electron chi connectivity index (χ1n) is 5.04. The molecule has 0 fully saturated rings. The second kappa shape index (κ2) is 7.15. The summed E-state index contributed by atoms with van der Waals surface area (Å²) in [5.41, 5.74) is 10.0. The number of hydrogen-bond acceptors (Lipinski definition) is 5. The maximum atomic E-state index is 11.0. The van der Waals surface area contributed by atoms with Gasteiger partial charge in [0.05, 0.1) is 25.2 Å². The molecular formula is C9H19N3O4. The second-order valence-electron chi connectivity index (χ2n) is 3.56. The molecule has 0 aliphatic heterocycles. The lowest BCUT2D eigenvalue weighted by molar-refractivity contribution is -0.125. The molecule has 7 nitrogen and oxygen atoms in total. The van der Waals surface area contributed by atoms with E-state index in [-0.39, 0.29) is 6.42 Å². The largest absolute Gasteiger partial charge is 0.394 e. The van der Waals surface area contributed by atoms with E-state index in [2.05, 4.69) is 5.32 Å². The molecule has 0 saturated heterocycles. The number of nitrogens with two attached hydrogens (primary N) is 2. The fraction of sp³-hybridized carbons (Fsp3) is 0.778. The summed E-state index contributed by atoms with van der Waals surface area (Å²) in [6, 6.07) is -1.44. The summed E-state index contributed by atoms with van der Waals surface area (Å²) in [7, 11) is 0. The van der Waals surface area contributed by atoms with Gasteiger partial charge in [-0.2, -0.15) is 0 Å². The number of carbonyl (C=O) groups is 2. The lowest BCUT2D eigenvalue weighted by Gasteiger charge is -2.25. The van der Waals surface area contributed by atoms with E-state index < -0.39 is 36.6 Å². The minimum atomic E-state index is -1.01. The zero-order valence-electron chi connectivity index (χ0n) is 9.22. The molecule has 0 heterocycles. The molecule has 3 atom stereocenters. The van der Waals surface area contributed by atoms with Gasteiger partial charge in [0.25, 0.3) is 0 Å². The van der Waals surface area contributed by atoms with E-state index in [0.717, 1.165) is 0 Å². The predicted molar refractivity (Wildman–Crippen MR) is 57.1 cm³/mol. The minimum absolute atomic E-state index is 0.232. The highest BCUT2D eigenvalue weighted by Crippen LogP contribution is 2.02. The van der Waals surface area contributed by atoms with Gasteiger partial charge in [0.15, 0.2) is 0 Å². The van der Waals surface area contributed by atoms with Crippen molar-refractivity contribution in [3.63, 3.8) is 0 Å². The SMILES string of the molecule is CCC(NC(CC(N)=O)C(N)=O)C(O)CO. The van der Waals surface area contributed by atoms with E-state index in [1.807, 2.05) is 0 Å². The Morgan fingerprint density at radius 1 is 1.38 bits per heavy atom. The number of aliphatic hydroxyl groups is 2. The third-order valence-corrected chi connectivity index (χ3v) is 2.26. The maximum absolute atomic E-state index is 11.0. The van der Waals surface area contributed by atoms with E-state index in [4.69, 9.17) is 16.6 Å². The number of aliphatic hydroxyl groups excluding tert-OH is 2. The number of amides is 2. The van der Waals surface area contributed by atoms with Gasteiger partial charge in [-0.25, -0.2) is 0 Å². The van der Waals surface area contributed by atoms with Crippen molar-refractivity contribution in [3.05, 3.63) is 0 Å². The molecule has 0 saturated carbocycles. The third kappa shape index (κ3) is 5.06. The summed E-state index contributed by atoms with van der Waals surface area (Å²) >= 11 is 0. The summed E-state index contributed by atoms with van der Waals surface area (Å²) in [6.45, 7) is 1.33. The Balaban J connectivity index is 4.46. The average molecular weight is 233 g/mol. The van der Waals surface area contributed by atoms with Crippen molar-refractivity contribution in [2.24, 2.45) is 11.5 Å². The molecule has 0 aliphatic rings. The van der Waals surface area contributed by atoms with Crippen LogP contribution in [0.2, 0.25) is 0 Å². The third-order valence-electron chi connectivity index (χ3n) is 2.26. The topological polar surface area (TPSA) is 139 Å². The molecule has 0 spiro atoms. The van der Waals surface area contributed by atoms with E-state index >= 15 is 0 Å². The lowest BCUT2D eigenvalue weighted by atomic mass is 10.1. The van der Waals surface area contributed by atoms with Gasteiger partial charge in [-0.15, -0.1) is 0 Å². The molecule has 16 heavy (non-hydrogen) atoms. The second-order valence-corrected chi connectivity index (χ2v) is 3.56. The molecule has 2 amide bonds. The van der Waals surface area contributed by atoms with E-state index in [1.165, 1.54) is 0 Å². The number of rotatable bonds is 8. The highest BCUT2D eigenvalue weighted by molar-refractivity contribution is 5.86. The van der Waals surface area contributed by atoms with Gasteiger partial charge in [-0.1, -0.05) is 6.92 Å². The van der Waals surface area contributed by atoms with Crippen molar-refractivity contribution in [3.8, 4) is 0 Å². The first-order chi connectivity index (χ1) is 7.42. The van der Waals surface area contributed by atoms with E-state index in [9.17, 15) is 14.7 Å². The Morgan fingerprint density at radius 2 is 1.94 bits per heavy atom. The monoisotopic (exact) mass is 233 g/mol. The summed E-state index contributed by atoms with van der Waals surface area (Å²) in [5.74, 6) is -1.38. The van der Waals surface area contributed by atoms with E-state index in [0.29, 0.717) is 6.42 Å². The Bertz CT molecular complexity index is 247. The van der Waals surface area contributed by atoms with Crippen LogP contribution >= 0.6 is 0 Å². The van der Waals surface area contributed by atoms with Crippen molar-refractivity contribution >= 4 is 11.8 Å². The summed E-state index contributed by atoms with van der Waals surface area (Å²) < 4.78 is 0. The standard InChI is InChI=1S/C9H19N3O4/c1-2-5(7(14)4-13)12-6(9(11)16)3-8(10)15/h5-7,12-14H,2-4H2,1H3,(H2,10,15)(H2,11,16). The van der Waals surface area contributed by atoms with Crippen molar-refractivity contribution < 1.29 is 19.8 Å². The van der Waals surface area contributed by atoms with Gasteiger partial charge in [0.1, 0.15) is 0 Å².